The van der Waals surface area contributed by atoms with E-state index in [-0.39, 0.29) is 0 Å². The van der Waals surface area contributed by atoms with Gasteiger partial charge in [-0.15, -0.1) is 10.2 Å². The minimum absolute atomic E-state index is 0.615. The van der Waals surface area contributed by atoms with Crippen LogP contribution in [0, 0.1) is 13.8 Å². The van der Waals surface area contributed by atoms with Gasteiger partial charge in [-0.05, 0) is 38.3 Å². The summed E-state index contributed by atoms with van der Waals surface area (Å²) in [6.45, 7) is 4.79. The molecule has 0 atom stereocenters. The Balaban J connectivity index is 1.80. The van der Waals surface area contributed by atoms with E-state index in [0.29, 0.717) is 24.4 Å². The van der Waals surface area contributed by atoms with Gasteiger partial charge < -0.3 is 9.73 Å². The minimum Gasteiger partial charge on any atom is -0.419 e. The molecule has 1 heterocycles. The van der Waals surface area contributed by atoms with E-state index in [1.165, 1.54) is 18.4 Å². The van der Waals surface area contributed by atoms with Gasteiger partial charge in [0.1, 0.15) is 0 Å². The first kappa shape index (κ1) is 11.4. The molecule has 0 saturated heterocycles. The summed E-state index contributed by atoms with van der Waals surface area (Å²) in [5.74, 6) is 1.28. The number of hydrogen-bond acceptors (Lipinski definition) is 4. The Morgan fingerprint density at radius 1 is 1.28 bits per heavy atom. The highest BCUT2D eigenvalue weighted by atomic mass is 16.4. The van der Waals surface area contributed by atoms with Crippen molar-refractivity contribution in [2.75, 3.05) is 0 Å². The molecule has 0 spiro atoms. The molecule has 2 aromatic rings. The van der Waals surface area contributed by atoms with Crippen LogP contribution in [0.3, 0.4) is 0 Å². The second-order valence-corrected chi connectivity index (χ2v) is 4.97. The van der Waals surface area contributed by atoms with Crippen molar-refractivity contribution in [3.63, 3.8) is 0 Å². The first-order valence-electron chi connectivity index (χ1n) is 6.36. The third-order valence-corrected chi connectivity index (χ3v) is 3.21. The lowest BCUT2D eigenvalue weighted by Gasteiger charge is -2.02. The number of aryl methyl sites for hydroxylation is 2. The number of nitrogens with zero attached hydrogens (tertiary/aromatic N) is 2. The van der Waals surface area contributed by atoms with Crippen LogP contribution < -0.4 is 5.32 Å². The number of nitrogens with one attached hydrogen (secondary N) is 1. The predicted octanol–water partition coefficient (Wildman–Crippen LogP) is 2.61. The van der Waals surface area contributed by atoms with Gasteiger partial charge in [0.05, 0.1) is 6.54 Å². The van der Waals surface area contributed by atoms with Crippen molar-refractivity contribution in [3.05, 3.63) is 35.2 Å². The summed E-state index contributed by atoms with van der Waals surface area (Å²) in [7, 11) is 0. The van der Waals surface area contributed by atoms with E-state index in [1.54, 1.807) is 0 Å². The van der Waals surface area contributed by atoms with Gasteiger partial charge >= 0.3 is 0 Å². The predicted molar refractivity (Wildman–Crippen MR) is 69.1 cm³/mol. The molecule has 1 aliphatic carbocycles. The largest absolute Gasteiger partial charge is 0.419 e. The summed E-state index contributed by atoms with van der Waals surface area (Å²) in [6.07, 6.45) is 2.52. The van der Waals surface area contributed by atoms with Gasteiger partial charge in [-0.1, -0.05) is 17.7 Å². The molecule has 1 aromatic carbocycles. The summed E-state index contributed by atoms with van der Waals surface area (Å²) in [5, 5.41) is 11.6. The normalized spacial score (nSPS) is 15.0. The Morgan fingerprint density at radius 2 is 2.11 bits per heavy atom. The van der Waals surface area contributed by atoms with Crippen molar-refractivity contribution in [1.29, 1.82) is 0 Å². The SMILES string of the molecule is Cc1ccc(C)c(-c2nnc(CNC3CC3)o2)c1. The summed E-state index contributed by atoms with van der Waals surface area (Å²) in [5.41, 5.74) is 3.39. The van der Waals surface area contributed by atoms with Gasteiger partial charge in [-0.2, -0.15) is 0 Å². The standard InChI is InChI=1S/C14H17N3O/c1-9-3-4-10(2)12(7-9)14-17-16-13(18-14)8-15-11-5-6-11/h3-4,7,11,15H,5-6,8H2,1-2H3. The van der Waals surface area contributed by atoms with Gasteiger partial charge in [-0.25, -0.2) is 0 Å². The molecule has 0 radical (unpaired) electrons. The van der Waals surface area contributed by atoms with E-state index < -0.39 is 0 Å². The topological polar surface area (TPSA) is 51.0 Å². The molecule has 0 unspecified atom stereocenters. The maximum atomic E-state index is 5.70. The zero-order chi connectivity index (χ0) is 12.5. The van der Waals surface area contributed by atoms with E-state index in [9.17, 15) is 0 Å². The van der Waals surface area contributed by atoms with Crippen molar-refractivity contribution in [3.8, 4) is 11.5 Å². The molecular formula is C14H17N3O. The van der Waals surface area contributed by atoms with Crippen LogP contribution in [0.5, 0.6) is 0 Å². The third-order valence-electron chi connectivity index (χ3n) is 3.21. The summed E-state index contributed by atoms with van der Waals surface area (Å²) in [4.78, 5) is 0. The van der Waals surface area contributed by atoms with Crippen LogP contribution >= 0.6 is 0 Å². The third kappa shape index (κ3) is 2.43. The number of hydrogen-bond donors (Lipinski definition) is 1. The van der Waals surface area contributed by atoms with Gasteiger partial charge in [0, 0.05) is 11.6 Å². The van der Waals surface area contributed by atoms with Crippen LogP contribution in [-0.4, -0.2) is 16.2 Å². The van der Waals surface area contributed by atoms with E-state index in [1.807, 2.05) is 0 Å². The molecule has 1 aromatic heterocycles. The Labute approximate surface area is 106 Å². The van der Waals surface area contributed by atoms with Crippen molar-refractivity contribution >= 4 is 0 Å². The van der Waals surface area contributed by atoms with Gasteiger partial charge in [-0.3, -0.25) is 0 Å². The molecule has 4 nitrogen and oxygen atoms in total. The molecule has 1 saturated carbocycles. The average Bonchev–Trinajstić information content (AvgIpc) is 3.08. The van der Waals surface area contributed by atoms with Crippen molar-refractivity contribution in [2.24, 2.45) is 0 Å². The highest BCUT2D eigenvalue weighted by Gasteiger charge is 2.21. The number of rotatable bonds is 4. The fourth-order valence-electron chi connectivity index (χ4n) is 1.92. The second kappa shape index (κ2) is 4.53. The Hall–Kier alpha value is -1.68. The van der Waals surface area contributed by atoms with Crippen LogP contribution in [0.1, 0.15) is 29.9 Å². The highest BCUT2D eigenvalue weighted by molar-refractivity contribution is 5.59. The van der Waals surface area contributed by atoms with E-state index in [4.69, 9.17) is 4.42 Å². The zero-order valence-electron chi connectivity index (χ0n) is 10.7. The molecule has 3 rings (SSSR count). The van der Waals surface area contributed by atoms with Crippen LogP contribution in [0.2, 0.25) is 0 Å². The highest BCUT2D eigenvalue weighted by Crippen LogP contribution is 2.24. The Kier molecular flexibility index (Phi) is 2.88. The van der Waals surface area contributed by atoms with Crippen LogP contribution in [0.25, 0.3) is 11.5 Å². The molecule has 18 heavy (non-hydrogen) atoms. The van der Waals surface area contributed by atoms with E-state index >= 15 is 0 Å². The smallest absolute Gasteiger partial charge is 0.248 e. The van der Waals surface area contributed by atoms with E-state index in [0.717, 1.165) is 11.1 Å². The summed E-state index contributed by atoms with van der Waals surface area (Å²) < 4.78 is 5.70. The number of benzene rings is 1. The lowest BCUT2D eigenvalue weighted by atomic mass is 10.1. The van der Waals surface area contributed by atoms with Gasteiger partial charge in [0.25, 0.3) is 0 Å². The monoisotopic (exact) mass is 243 g/mol. The molecular weight excluding hydrogens is 226 g/mol. The maximum absolute atomic E-state index is 5.70. The quantitative estimate of drug-likeness (QED) is 0.896. The van der Waals surface area contributed by atoms with Gasteiger partial charge in [0.15, 0.2) is 0 Å². The first-order valence-corrected chi connectivity index (χ1v) is 6.36. The lowest BCUT2D eigenvalue weighted by Crippen LogP contribution is -2.15. The molecule has 0 amide bonds. The van der Waals surface area contributed by atoms with Gasteiger partial charge in [0.2, 0.25) is 11.8 Å². The van der Waals surface area contributed by atoms with Crippen LogP contribution in [-0.2, 0) is 6.54 Å². The fraction of sp³-hybridized carbons (Fsp3) is 0.429. The Morgan fingerprint density at radius 3 is 2.89 bits per heavy atom. The molecule has 94 valence electrons. The fourth-order valence-corrected chi connectivity index (χ4v) is 1.92. The summed E-state index contributed by atoms with van der Waals surface area (Å²) in [6, 6.07) is 6.91. The summed E-state index contributed by atoms with van der Waals surface area (Å²) >= 11 is 0. The minimum atomic E-state index is 0.615. The van der Waals surface area contributed by atoms with Crippen molar-refractivity contribution < 1.29 is 4.42 Å². The number of aromatic nitrogens is 2. The van der Waals surface area contributed by atoms with Crippen molar-refractivity contribution in [2.45, 2.75) is 39.3 Å². The van der Waals surface area contributed by atoms with Crippen LogP contribution in [0.15, 0.2) is 22.6 Å². The maximum Gasteiger partial charge on any atom is 0.248 e. The van der Waals surface area contributed by atoms with Crippen molar-refractivity contribution in [1.82, 2.24) is 15.5 Å². The Bertz CT molecular complexity index is 558. The molecule has 0 bridgehead atoms. The van der Waals surface area contributed by atoms with E-state index in [2.05, 4.69) is 47.6 Å². The van der Waals surface area contributed by atoms with Crippen LogP contribution in [0.4, 0.5) is 0 Å². The zero-order valence-corrected chi connectivity index (χ0v) is 10.7. The molecule has 1 N–H and O–H groups in total. The second-order valence-electron chi connectivity index (χ2n) is 4.97. The molecule has 0 aliphatic heterocycles. The molecule has 1 aliphatic rings. The molecule has 4 heteroatoms. The first-order chi connectivity index (χ1) is 8.72. The lowest BCUT2D eigenvalue weighted by molar-refractivity contribution is 0.476. The molecule has 1 fully saturated rings. The average molecular weight is 243 g/mol.